The number of carboxylic acid groups (broad SMARTS) is 1. The van der Waals surface area contributed by atoms with E-state index in [4.69, 9.17) is 5.11 Å². The second-order valence-electron chi connectivity index (χ2n) is 8.15. The van der Waals surface area contributed by atoms with Crippen LogP contribution in [0.5, 0.6) is 5.75 Å². The van der Waals surface area contributed by atoms with Crippen molar-refractivity contribution in [2.24, 2.45) is 23.2 Å². The molecule has 2 fully saturated rings. The standard InChI is InChI=1S/C20H24O4/c1-20-7-6-15-14-5-3-13(21)8-11(14)2-4-16(15)17(20)9-12(19(20)24)10-18(22)23/h3,5,8,12,15-17,21H,2,4,6-7,9-10H2,1H3,(H,22,23)/t12?,15-,16-,17+,20+/m1/s1. The minimum atomic E-state index is -0.864. The van der Waals surface area contributed by atoms with E-state index in [0.29, 0.717) is 23.5 Å². The van der Waals surface area contributed by atoms with Gasteiger partial charge in [-0.2, -0.15) is 0 Å². The lowest BCUT2D eigenvalue weighted by atomic mass is 9.55. The molecule has 0 amide bonds. The molecule has 2 saturated carbocycles. The number of hydrogen-bond donors (Lipinski definition) is 2. The fraction of sp³-hybridized carbons (Fsp3) is 0.600. The molecule has 3 aliphatic rings. The lowest BCUT2D eigenvalue weighted by Gasteiger charge is -2.48. The molecule has 4 heteroatoms. The molecule has 4 nitrogen and oxygen atoms in total. The summed E-state index contributed by atoms with van der Waals surface area (Å²) in [5.74, 6) is 0.548. The summed E-state index contributed by atoms with van der Waals surface area (Å²) in [5.41, 5.74) is 2.24. The summed E-state index contributed by atoms with van der Waals surface area (Å²) in [6.07, 6.45) is 4.53. The minimum absolute atomic E-state index is 0.0211. The number of carbonyl (C=O) groups is 2. The monoisotopic (exact) mass is 328 g/mol. The molecule has 0 spiro atoms. The molecule has 0 aromatic heterocycles. The van der Waals surface area contributed by atoms with E-state index in [1.807, 2.05) is 6.07 Å². The van der Waals surface area contributed by atoms with Crippen molar-refractivity contribution in [2.75, 3.05) is 0 Å². The van der Waals surface area contributed by atoms with E-state index in [1.54, 1.807) is 6.07 Å². The van der Waals surface area contributed by atoms with Gasteiger partial charge in [-0.05, 0) is 73.1 Å². The highest BCUT2D eigenvalue weighted by atomic mass is 16.4. The van der Waals surface area contributed by atoms with Crippen LogP contribution in [0.3, 0.4) is 0 Å². The maximum Gasteiger partial charge on any atom is 0.304 e. The Morgan fingerprint density at radius 2 is 2.12 bits per heavy atom. The average Bonchev–Trinajstić information content (AvgIpc) is 2.78. The smallest absolute Gasteiger partial charge is 0.304 e. The van der Waals surface area contributed by atoms with Gasteiger partial charge in [-0.1, -0.05) is 13.0 Å². The fourth-order valence-corrected chi connectivity index (χ4v) is 5.90. The van der Waals surface area contributed by atoms with Gasteiger partial charge >= 0.3 is 5.97 Å². The molecule has 5 atom stereocenters. The van der Waals surface area contributed by atoms with Crippen LogP contribution in [0.1, 0.15) is 56.1 Å². The first-order chi connectivity index (χ1) is 11.4. The summed E-state index contributed by atoms with van der Waals surface area (Å²) in [6, 6.07) is 5.70. The average molecular weight is 328 g/mol. The van der Waals surface area contributed by atoms with Gasteiger partial charge in [0.25, 0.3) is 0 Å². The highest BCUT2D eigenvalue weighted by Crippen LogP contribution is 2.61. The zero-order valence-electron chi connectivity index (χ0n) is 14.0. The number of carbonyl (C=O) groups excluding carboxylic acids is 1. The molecule has 1 aromatic rings. The molecular weight excluding hydrogens is 304 g/mol. The van der Waals surface area contributed by atoms with Crippen LogP contribution in [0.4, 0.5) is 0 Å². The Bertz CT molecular complexity index is 710. The van der Waals surface area contributed by atoms with Crippen LogP contribution in [-0.2, 0) is 16.0 Å². The second-order valence-corrected chi connectivity index (χ2v) is 8.15. The third-order valence-corrected chi connectivity index (χ3v) is 6.99. The van der Waals surface area contributed by atoms with E-state index in [-0.39, 0.29) is 23.5 Å². The number of aryl methyl sites for hydroxylation is 1. The van der Waals surface area contributed by atoms with Gasteiger partial charge in [-0.3, -0.25) is 9.59 Å². The molecule has 0 heterocycles. The largest absolute Gasteiger partial charge is 0.508 e. The van der Waals surface area contributed by atoms with Gasteiger partial charge in [0.2, 0.25) is 0 Å². The maximum absolute atomic E-state index is 12.9. The van der Waals surface area contributed by atoms with Gasteiger partial charge in [0, 0.05) is 11.3 Å². The summed E-state index contributed by atoms with van der Waals surface area (Å²) in [6.45, 7) is 2.07. The van der Waals surface area contributed by atoms with Gasteiger partial charge in [-0.15, -0.1) is 0 Å². The Kier molecular flexibility index (Phi) is 3.48. The summed E-state index contributed by atoms with van der Waals surface area (Å²) >= 11 is 0. The number of Topliss-reactive ketones (excluding diaryl/α,β-unsaturated/α-hetero) is 1. The van der Waals surface area contributed by atoms with Crippen LogP contribution < -0.4 is 0 Å². The van der Waals surface area contributed by atoms with E-state index in [1.165, 1.54) is 11.1 Å². The number of aliphatic carboxylic acids is 1. The van der Waals surface area contributed by atoms with Crippen LogP contribution in [0.25, 0.3) is 0 Å². The highest BCUT2D eigenvalue weighted by Gasteiger charge is 2.58. The van der Waals surface area contributed by atoms with E-state index in [9.17, 15) is 14.7 Å². The van der Waals surface area contributed by atoms with Crippen LogP contribution in [0, 0.1) is 23.2 Å². The molecule has 0 radical (unpaired) electrons. The molecule has 1 unspecified atom stereocenters. The number of rotatable bonds is 2. The third-order valence-electron chi connectivity index (χ3n) is 6.99. The van der Waals surface area contributed by atoms with Crippen molar-refractivity contribution >= 4 is 11.8 Å². The molecule has 0 bridgehead atoms. The number of ketones is 1. The SMILES string of the molecule is C[C@]12CC[C@@H]3c4ccc(O)cc4CC[C@H]3[C@@H]1CC(CC(=O)O)C2=O. The van der Waals surface area contributed by atoms with E-state index >= 15 is 0 Å². The Balaban J connectivity index is 1.66. The zero-order chi connectivity index (χ0) is 17.1. The maximum atomic E-state index is 12.9. The first kappa shape index (κ1) is 15.7. The zero-order valence-corrected chi connectivity index (χ0v) is 14.0. The van der Waals surface area contributed by atoms with Crippen molar-refractivity contribution in [3.63, 3.8) is 0 Å². The number of benzene rings is 1. The summed E-state index contributed by atoms with van der Waals surface area (Å²) in [4.78, 5) is 24.0. The highest BCUT2D eigenvalue weighted by molar-refractivity contribution is 5.92. The van der Waals surface area contributed by atoms with Gasteiger partial charge in [-0.25, -0.2) is 0 Å². The summed E-state index contributed by atoms with van der Waals surface area (Å²) < 4.78 is 0. The molecule has 3 aliphatic carbocycles. The first-order valence-electron chi connectivity index (χ1n) is 8.98. The number of phenols is 1. The molecule has 0 aliphatic heterocycles. The Hall–Kier alpha value is -1.84. The van der Waals surface area contributed by atoms with Crippen LogP contribution in [-0.4, -0.2) is 22.0 Å². The Labute approximate surface area is 141 Å². The molecule has 128 valence electrons. The normalized spacial score (nSPS) is 37.5. The molecule has 0 saturated heterocycles. The molecule has 24 heavy (non-hydrogen) atoms. The topological polar surface area (TPSA) is 74.6 Å². The van der Waals surface area contributed by atoms with Crippen molar-refractivity contribution in [3.05, 3.63) is 29.3 Å². The van der Waals surface area contributed by atoms with Crippen LogP contribution >= 0.6 is 0 Å². The molecule has 4 rings (SSSR count). The minimum Gasteiger partial charge on any atom is -0.508 e. The number of fused-ring (bicyclic) bond motifs is 5. The lowest BCUT2D eigenvalue weighted by molar-refractivity contribution is -0.141. The van der Waals surface area contributed by atoms with Crippen molar-refractivity contribution in [1.82, 2.24) is 0 Å². The number of aromatic hydroxyl groups is 1. The van der Waals surface area contributed by atoms with Crippen molar-refractivity contribution in [1.29, 1.82) is 0 Å². The third kappa shape index (κ3) is 2.19. The quantitative estimate of drug-likeness (QED) is 0.871. The Morgan fingerprint density at radius 3 is 2.88 bits per heavy atom. The number of carboxylic acids is 1. The van der Waals surface area contributed by atoms with Crippen molar-refractivity contribution in [2.45, 2.75) is 51.4 Å². The lowest BCUT2D eigenvalue weighted by Crippen LogP contribution is -2.42. The van der Waals surface area contributed by atoms with Gasteiger partial charge in [0.1, 0.15) is 11.5 Å². The first-order valence-corrected chi connectivity index (χ1v) is 8.98. The molecule has 2 N–H and O–H groups in total. The van der Waals surface area contributed by atoms with Gasteiger partial charge in [0.05, 0.1) is 6.42 Å². The van der Waals surface area contributed by atoms with Crippen molar-refractivity contribution < 1.29 is 19.8 Å². The van der Waals surface area contributed by atoms with Crippen LogP contribution in [0.2, 0.25) is 0 Å². The van der Waals surface area contributed by atoms with Gasteiger partial charge < -0.3 is 10.2 Å². The predicted molar refractivity (Wildman–Crippen MR) is 88.9 cm³/mol. The second kappa shape index (κ2) is 5.33. The predicted octanol–water partition coefficient (Wildman–Crippen LogP) is 3.52. The number of hydrogen-bond acceptors (Lipinski definition) is 3. The van der Waals surface area contributed by atoms with Crippen LogP contribution in [0.15, 0.2) is 18.2 Å². The fourth-order valence-electron chi connectivity index (χ4n) is 5.90. The molecular formula is C20H24O4. The van der Waals surface area contributed by atoms with E-state index < -0.39 is 5.97 Å². The van der Waals surface area contributed by atoms with E-state index in [0.717, 1.165) is 32.1 Å². The van der Waals surface area contributed by atoms with E-state index in [2.05, 4.69) is 13.0 Å². The molecule has 1 aromatic carbocycles. The number of phenolic OH excluding ortho intramolecular Hbond substituents is 1. The van der Waals surface area contributed by atoms with Crippen molar-refractivity contribution in [3.8, 4) is 5.75 Å². The Morgan fingerprint density at radius 1 is 1.33 bits per heavy atom. The summed E-state index contributed by atoms with van der Waals surface area (Å²) in [5, 5.41) is 18.9. The summed E-state index contributed by atoms with van der Waals surface area (Å²) in [7, 11) is 0. The van der Waals surface area contributed by atoms with Gasteiger partial charge in [0.15, 0.2) is 0 Å².